The highest BCUT2D eigenvalue weighted by Crippen LogP contribution is 2.44. The van der Waals surface area contributed by atoms with E-state index in [0.29, 0.717) is 13.0 Å². The maximum absolute atomic E-state index is 13.1. The van der Waals surface area contributed by atoms with Crippen LogP contribution in [0.2, 0.25) is 0 Å². The Labute approximate surface area is 189 Å². The van der Waals surface area contributed by atoms with Crippen LogP contribution in [-0.2, 0) is 14.3 Å². The number of carboxylic acid groups (broad SMARTS) is 1. The summed E-state index contributed by atoms with van der Waals surface area (Å²) in [5, 5.41) is 12.0. The normalized spacial score (nSPS) is 15.5. The predicted molar refractivity (Wildman–Crippen MR) is 124 cm³/mol. The van der Waals surface area contributed by atoms with Crippen molar-refractivity contribution in [1.29, 1.82) is 0 Å². The quantitative estimate of drug-likeness (QED) is 0.296. The van der Waals surface area contributed by atoms with Crippen molar-refractivity contribution in [2.75, 3.05) is 19.7 Å². The van der Waals surface area contributed by atoms with Crippen molar-refractivity contribution >= 4 is 11.9 Å². The minimum Gasteiger partial charge on any atom is -0.480 e. The summed E-state index contributed by atoms with van der Waals surface area (Å²) in [4.78, 5) is 24.0. The number of carbonyl (C=O) groups excluding carboxylic acids is 1. The summed E-state index contributed by atoms with van der Waals surface area (Å²) in [5.74, 6) is -1.51. The maximum atomic E-state index is 13.1. The van der Waals surface area contributed by atoms with E-state index in [1.807, 2.05) is 31.2 Å². The third-order valence-electron chi connectivity index (χ3n) is 6.12. The molecule has 7 nitrogen and oxygen atoms in total. The smallest absolute Gasteiger partial charge is 0.327 e. The first-order chi connectivity index (χ1) is 15.4. The van der Waals surface area contributed by atoms with E-state index in [1.165, 1.54) is 11.1 Å². The number of carbonyl (C=O) groups is 2. The van der Waals surface area contributed by atoms with Gasteiger partial charge in [-0.2, -0.15) is 0 Å². The molecule has 32 heavy (non-hydrogen) atoms. The van der Waals surface area contributed by atoms with Gasteiger partial charge in [0.25, 0.3) is 0 Å². The van der Waals surface area contributed by atoms with E-state index in [0.717, 1.165) is 24.0 Å². The van der Waals surface area contributed by atoms with Gasteiger partial charge in [0.05, 0.1) is 0 Å². The molecule has 2 atom stereocenters. The highest BCUT2D eigenvalue weighted by Gasteiger charge is 2.36. The van der Waals surface area contributed by atoms with Crippen LogP contribution in [0.15, 0.2) is 48.5 Å². The Hall–Kier alpha value is -2.74. The molecular formula is C25H33N3O4. The summed E-state index contributed by atoms with van der Waals surface area (Å²) in [5.41, 5.74) is 15.5. The van der Waals surface area contributed by atoms with Gasteiger partial charge >= 0.3 is 11.9 Å². The first-order valence-corrected chi connectivity index (χ1v) is 11.2. The minimum absolute atomic E-state index is 0.0247. The molecule has 0 saturated carbocycles. The van der Waals surface area contributed by atoms with Crippen molar-refractivity contribution in [3.8, 4) is 11.1 Å². The summed E-state index contributed by atoms with van der Waals surface area (Å²) in [7, 11) is 0. The van der Waals surface area contributed by atoms with Gasteiger partial charge in [-0.3, -0.25) is 9.59 Å². The fraction of sp³-hybridized carbons (Fsp3) is 0.440. The van der Waals surface area contributed by atoms with Gasteiger partial charge in [0.2, 0.25) is 0 Å². The molecule has 1 aliphatic rings. The van der Waals surface area contributed by atoms with E-state index in [-0.39, 0.29) is 25.5 Å². The fourth-order valence-electron chi connectivity index (χ4n) is 4.19. The van der Waals surface area contributed by atoms with Gasteiger partial charge in [-0.1, -0.05) is 68.3 Å². The fourth-order valence-corrected chi connectivity index (χ4v) is 4.19. The van der Waals surface area contributed by atoms with Crippen LogP contribution in [0.1, 0.15) is 49.7 Å². The van der Waals surface area contributed by atoms with Gasteiger partial charge < -0.3 is 26.6 Å². The number of esters is 1. The molecule has 6 N–H and O–H groups in total. The molecular weight excluding hydrogens is 406 g/mol. The second kappa shape index (κ2) is 10.7. The van der Waals surface area contributed by atoms with Crippen LogP contribution in [0, 0.1) is 0 Å². The Morgan fingerprint density at radius 1 is 1.12 bits per heavy atom. The molecule has 172 valence electrons. The monoisotopic (exact) mass is 439 g/mol. The third-order valence-corrected chi connectivity index (χ3v) is 6.12. The number of fused-ring (bicyclic) bond motifs is 3. The Morgan fingerprint density at radius 2 is 1.72 bits per heavy atom. The summed E-state index contributed by atoms with van der Waals surface area (Å²) in [6.45, 7) is 2.82. The van der Waals surface area contributed by atoms with Crippen molar-refractivity contribution < 1.29 is 19.4 Å². The van der Waals surface area contributed by atoms with Crippen molar-refractivity contribution in [2.45, 2.75) is 50.1 Å². The number of hydrogen-bond donors (Lipinski definition) is 4. The predicted octanol–water partition coefficient (Wildman–Crippen LogP) is 2.62. The van der Waals surface area contributed by atoms with Crippen molar-refractivity contribution in [3.63, 3.8) is 0 Å². The van der Waals surface area contributed by atoms with Gasteiger partial charge in [-0.25, -0.2) is 0 Å². The molecule has 3 rings (SSSR count). The van der Waals surface area contributed by atoms with Crippen LogP contribution in [-0.4, -0.2) is 48.3 Å². The second-order valence-corrected chi connectivity index (χ2v) is 8.50. The summed E-state index contributed by atoms with van der Waals surface area (Å²) >= 11 is 0. The third kappa shape index (κ3) is 5.35. The molecule has 0 bridgehead atoms. The van der Waals surface area contributed by atoms with Crippen LogP contribution >= 0.6 is 0 Å². The van der Waals surface area contributed by atoms with E-state index >= 15 is 0 Å². The molecule has 1 aliphatic carbocycles. The number of rotatable bonds is 12. The van der Waals surface area contributed by atoms with E-state index in [4.69, 9.17) is 21.3 Å². The van der Waals surface area contributed by atoms with Crippen LogP contribution in [0.3, 0.4) is 0 Å². The molecule has 0 fully saturated rings. The standard InChI is InChI=1S/C25H33N3O4/c1-2-3-13-25(27,16-28-14-12-22(26)23(29)30)24(31)32-15-21-19-10-6-4-8-17(19)18-9-5-7-11-20(18)21/h4-11,21-22,28H,2-3,12-16,26-27H2,1H3,(H,29,30). The number of nitrogens with one attached hydrogen (secondary N) is 1. The number of ether oxygens (including phenoxy) is 1. The lowest BCUT2D eigenvalue weighted by Crippen LogP contribution is -2.56. The molecule has 0 amide bonds. The van der Waals surface area contributed by atoms with E-state index in [9.17, 15) is 9.59 Å². The zero-order valence-electron chi connectivity index (χ0n) is 18.5. The Morgan fingerprint density at radius 3 is 2.28 bits per heavy atom. The molecule has 7 heteroatoms. The molecule has 0 aliphatic heterocycles. The minimum atomic E-state index is -1.18. The molecule has 0 aromatic heterocycles. The van der Waals surface area contributed by atoms with E-state index in [2.05, 4.69) is 29.6 Å². The maximum Gasteiger partial charge on any atom is 0.327 e. The van der Waals surface area contributed by atoms with Gasteiger partial charge in [0.1, 0.15) is 18.2 Å². The average Bonchev–Trinajstić information content (AvgIpc) is 3.12. The Balaban J connectivity index is 1.65. The Kier molecular flexibility index (Phi) is 8.01. The summed E-state index contributed by atoms with van der Waals surface area (Å²) in [6.07, 6.45) is 2.43. The molecule has 2 aromatic rings. The van der Waals surface area contributed by atoms with Crippen LogP contribution in [0.5, 0.6) is 0 Å². The van der Waals surface area contributed by atoms with Gasteiger partial charge in [0, 0.05) is 12.5 Å². The Bertz CT molecular complexity index is 903. The summed E-state index contributed by atoms with van der Waals surface area (Å²) in [6, 6.07) is 15.4. The van der Waals surface area contributed by atoms with Gasteiger partial charge in [-0.05, 0) is 41.6 Å². The highest BCUT2D eigenvalue weighted by atomic mass is 16.5. The molecule has 2 unspecified atom stereocenters. The van der Waals surface area contributed by atoms with Crippen molar-refractivity contribution in [2.24, 2.45) is 11.5 Å². The van der Waals surface area contributed by atoms with Crippen molar-refractivity contribution in [3.05, 3.63) is 59.7 Å². The topological polar surface area (TPSA) is 128 Å². The molecule has 0 radical (unpaired) electrons. The average molecular weight is 440 g/mol. The molecule has 0 saturated heterocycles. The molecule has 0 spiro atoms. The zero-order valence-corrected chi connectivity index (χ0v) is 18.5. The number of unbranched alkanes of at least 4 members (excludes halogenated alkanes) is 1. The highest BCUT2D eigenvalue weighted by molar-refractivity contribution is 5.82. The first-order valence-electron chi connectivity index (χ1n) is 11.2. The first kappa shape index (κ1) is 23.9. The number of carboxylic acids is 1. The van der Waals surface area contributed by atoms with E-state index in [1.54, 1.807) is 0 Å². The zero-order chi connectivity index (χ0) is 23.1. The SMILES string of the molecule is CCCCC(N)(CNCCC(N)C(=O)O)C(=O)OCC1c2ccccc2-c2ccccc21. The lowest BCUT2D eigenvalue weighted by molar-refractivity contribution is -0.150. The van der Waals surface area contributed by atoms with Gasteiger partial charge in [0.15, 0.2) is 0 Å². The number of hydrogen-bond acceptors (Lipinski definition) is 6. The summed E-state index contributed by atoms with van der Waals surface area (Å²) < 4.78 is 5.80. The van der Waals surface area contributed by atoms with Crippen LogP contribution in [0.25, 0.3) is 11.1 Å². The second-order valence-electron chi connectivity index (χ2n) is 8.50. The van der Waals surface area contributed by atoms with Gasteiger partial charge in [-0.15, -0.1) is 0 Å². The molecule has 0 heterocycles. The molecule has 2 aromatic carbocycles. The van der Waals surface area contributed by atoms with E-state index < -0.39 is 23.5 Å². The number of benzene rings is 2. The lowest BCUT2D eigenvalue weighted by atomic mass is 9.93. The largest absolute Gasteiger partial charge is 0.480 e. The number of aliphatic carboxylic acids is 1. The lowest BCUT2D eigenvalue weighted by Gasteiger charge is -2.28. The van der Waals surface area contributed by atoms with Crippen LogP contribution in [0.4, 0.5) is 0 Å². The van der Waals surface area contributed by atoms with Crippen LogP contribution < -0.4 is 16.8 Å². The number of nitrogens with two attached hydrogens (primary N) is 2. The van der Waals surface area contributed by atoms with Crippen molar-refractivity contribution in [1.82, 2.24) is 5.32 Å².